The molecule has 2 bridgehead atoms. The van der Waals surface area contributed by atoms with Crippen molar-refractivity contribution < 1.29 is 50.9 Å². The van der Waals surface area contributed by atoms with E-state index in [4.69, 9.17) is 37.7 Å². The Kier molecular flexibility index (Phi) is 9.49. The maximum atomic E-state index is 13.7. The zero-order valence-corrected chi connectivity index (χ0v) is 29.7. The molecule has 3 fully saturated rings. The summed E-state index contributed by atoms with van der Waals surface area (Å²) in [5, 5.41) is -0.342. The molecule has 5 N–H and O–H groups in total. The van der Waals surface area contributed by atoms with Crippen molar-refractivity contribution in [2.45, 2.75) is 88.5 Å². The van der Waals surface area contributed by atoms with Gasteiger partial charge in [0.1, 0.15) is 30.7 Å². The summed E-state index contributed by atoms with van der Waals surface area (Å²) in [4.78, 5) is 53.2. The minimum absolute atomic E-state index is 0.00279. The number of hydrogen-bond acceptors (Lipinski definition) is 15. The van der Waals surface area contributed by atoms with Crippen LogP contribution in [0.2, 0.25) is 18.1 Å². The van der Waals surface area contributed by atoms with Crippen LogP contribution in [-0.4, -0.2) is 91.3 Å². The van der Waals surface area contributed by atoms with Crippen LogP contribution in [0.4, 0.5) is 5.95 Å². The van der Waals surface area contributed by atoms with E-state index in [1.165, 1.54) is 23.4 Å². The lowest BCUT2D eigenvalue weighted by atomic mass is 10.1. The summed E-state index contributed by atoms with van der Waals surface area (Å²) in [6.07, 6.45) is -2.05. The fourth-order valence-electron chi connectivity index (χ4n) is 5.67. The molecule has 9 atom stereocenters. The van der Waals surface area contributed by atoms with Gasteiger partial charge in [0.2, 0.25) is 11.8 Å². The highest BCUT2D eigenvalue weighted by atomic mass is 31.2. The quantitative estimate of drug-likeness (QED) is 0.217. The number of nitrogens with one attached hydrogen (secondary N) is 1. The standard InChI is InChI=1S/C26H39N7O12P2Si/c1-26(2,3)48(4,5)45-20-17-11-40-46(35,36)43-16-9-15(41-18-6-7-28-12-29-18)8-14(16)10-39-47(37,38)44-21(20)24(42-17)33-13-30-19-22(33)31-25(27)32-23(19)34/h6-7,12-17,20-21,24H,8-11H2,1-5H3,(H,35,36)(H,37,38)(H3,27,31,32,34)/t14-,15-,16+,17-,20-,21-,24-/m1/s1. The van der Waals surface area contributed by atoms with Gasteiger partial charge < -0.3 is 29.4 Å². The third kappa shape index (κ3) is 7.44. The Bertz CT molecular complexity index is 1790. The number of H-pyrrole nitrogens is 1. The predicted molar refractivity (Wildman–Crippen MR) is 169 cm³/mol. The van der Waals surface area contributed by atoms with Gasteiger partial charge >= 0.3 is 15.6 Å². The van der Waals surface area contributed by atoms with Crippen molar-refractivity contribution in [1.29, 1.82) is 0 Å². The summed E-state index contributed by atoms with van der Waals surface area (Å²) < 4.78 is 69.8. The number of phosphoric ester groups is 2. The number of ether oxygens (including phenoxy) is 2. The van der Waals surface area contributed by atoms with E-state index in [1.54, 1.807) is 6.07 Å². The molecule has 3 aromatic rings. The van der Waals surface area contributed by atoms with E-state index in [2.05, 4.69) is 24.9 Å². The van der Waals surface area contributed by atoms with Gasteiger partial charge in [-0.1, -0.05) is 20.8 Å². The van der Waals surface area contributed by atoms with Gasteiger partial charge in [-0.3, -0.25) is 32.4 Å². The van der Waals surface area contributed by atoms with Gasteiger partial charge in [-0.15, -0.1) is 0 Å². The molecule has 5 heterocycles. The van der Waals surface area contributed by atoms with Crippen molar-refractivity contribution in [2.24, 2.45) is 5.92 Å². The molecule has 19 nitrogen and oxygen atoms in total. The molecule has 2 saturated heterocycles. The van der Waals surface area contributed by atoms with Crippen molar-refractivity contribution in [3.05, 3.63) is 35.3 Å². The smallest absolute Gasteiger partial charge is 0.472 e. The van der Waals surface area contributed by atoms with E-state index in [0.717, 1.165) is 0 Å². The first kappa shape index (κ1) is 35.2. The van der Waals surface area contributed by atoms with E-state index >= 15 is 0 Å². The number of aromatic nitrogens is 6. The number of nitrogens with zero attached hydrogens (tertiary/aromatic N) is 5. The molecule has 1 saturated carbocycles. The lowest BCUT2D eigenvalue weighted by molar-refractivity contribution is -0.0558. The Morgan fingerprint density at radius 1 is 1.08 bits per heavy atom. The van der Waals surface area contributed by atoms with Crippen LogP contribution in [0.15, 0.2) is 29.7 Å². The molecule has 48 heavy (non-hydrogen) atoms. The predicted octanol–water partition coefficient (Wildman–Crippen LogP) is 2.66. The SMILES string of the molecule is CC(C)(C)[Si](C)(C)O[C@H]1[C@H]2OP(=O)(O)OC[C@H]3C[C@@H](Oc4ccncn4)C[C@@H]3OP(=O)(O)OC[C@H]1O[C@H]2n1cnc2c(=O)[nH]c(N)nc21. The molecule has 0 aromatic carbocycles. The normalized spacial score (nSPS) is 35.0. The first-order valence-corrected chi connectivity index (χ1v) is 21.1. The summed E-state index contributed by atoms with van der Waals surface area (Å²) in [5.41, 5.74) is 5.11. The molecule has 0 amide bonds. The molecule has 0 spiro atoms. The zero-order valence-electron chi connectivity index (χ0n) is 26.9. The zero-order chi connectivity index (χ0) is 34.6. The highest BCUT2D eigenvalue weighted by molar-refractivity contribution is 7.47. The van der Waals surface area contributed by atoms with Crippen molar-refractivity contribution in [3.63, 3.8) is 0 Å². The van der Waals surface area contributed by atoms with Crippen LogP contribution in [0.25, 0.3) is 11.2 Å². The number of nitrogen functional groups attached to an aromatic ring is 1. The van der Waals surface area contributed by atoms with Crippen molar-refractivity contribution in [2.75, 3.05) is 18.9 Å². The number of aromatic amines is 1. The average molecular weight is 732 g/mol. The second-order valence-corrected chi connectivity index (χ2v) is 21.0. The van der Waals surface area contributed by atoms with Crippen LogP contribution >= 0.6 is 15.6 Å². The molecular weight excluding hydrogens is 692 g/mol. The van der Waals surface area contributed by atoms with Crippen molar-refractivity contribution >= 4 is 41.1 Å². The molecule has 3 aromatic heterocycles. The minimum atomic E-state index is -4.91. The van der Waals surface area contributed by atoms with Crippen molar-refractivity contribution in [1.82, 2.24) is 29.5 Å². The second kappa shape index (κ2) is 12.9. The fourth-order valence-corrected chi connectivity index (χ4v) is 8.96. The number of phosphoric acid groups is 2. The number of fused-ring (bicyclic) bond motifs is 4. The average Bonchev–Trinajstić information content (AvgIpc) is 3.66. The number of nitrogens with two attached hydrogens (primary N) is 1. The number of rotatable bonds is 5. The van der Waals surface area contributed by atoms with Crippen LogP contribution < -0.4 is 16.0 Å². The van der Waals surface area contributed by atoms with E-state index in [-0.39, 0.29) is 40.9 Å². The van der Waals surface area contributed by atoms with Crippen LogP contribution in [0.5, 0.6) is 5.88 Å². The molecular formula is C26H39N7O12P2Si. The van der Waals surface area contributed by atoms with E-state index < -0.39 is 85.4 Å². The Hall–Kier alpha value is -2.61. The summed E-state index contributed by atoms with van der Waals surface area (Å²) in [7, 11) is -12.4. The largest absolute Gasteiger partial charge is 0.474 e. The van der Waals surface area contributed by atoms with E-state index in [0.29, 0.717) is 0 Å². The Morgan fingerprint density at radius 2 is 1.81 bits per heavy atom. The second-order valence-electron chi connectivity index (χ2n) is 13.4. The maximum Gasteiger partial charge on any atom is 0.472 e. The highest BCUT2D eigenvalue weighted by Crippen LogP contribution is 2.55. The molecule has 0 radical (unpaired) electrons. The van der Waals surface area contributed by atoms with Crippen LogP contribution in [-0.2, 0) is 36.4 Å². The summed E-state index contributed by atoms with van der Waals surface area (Å²) in [5.74, 6) is -0.601. The number of anilines is 1. The van der Waals surface area contributed by atoms with Gasteiger partial charge in [0.15, 0.2) is 25.7 Å². The van der Waals surface area contributed by atoms with Gasteiger partial charge in [-0.25, -0.2) is 24.1 Å². The lowest BCUT2D eigenvalue weighted by Crippen LogP contribution is -2.50. The monoisotopic (exact) mass is 731 g/mol. The highest BCUT2D eigenvalue weighted by Gasteiger charge is 2.55. The van der Waals surface area contributed by atoms with Crippen LogP contribution in [0.1, 0.15) is 39.8 Å². The Morgan fingerprint density at radius 3 is 2.52 bits per heavy atom. The Balaban J connectivity index is 1.36. The fraction of sp³-hybridized carbons (Fsp3) is 0.654. The maximum absolute atomic E-state index is 13.7. The molecule has 1 aliphatic carbocycles. The summed E-state index contributed by atoms with van der Waals surface area (Å²) in [6, 6.07) is 1.56. The summed E-state index contributed by atoms with van der Waals surface area (Å²) >= 11 is 0. The van der Waals surface area contributed by atoms with Gasteiger partial charge in [-0.05, 0) is 24.6 Å². The lowest BCUT2D eigenvalue weighted by Gasteiger charge is -2.40. The molecule has 264 valence electrons. The van der Waals surface area contributed by atoms with Gasteiger partial charge in [0, 0.05) is 24.6 Å². The van der Waals surface area contributed by atoms with Crippen LogP contribution in [0, 0.1) is 5.92 Å². The topological polar surface area (TPSA) is 255 Å². The Labute approximate surface area is 275 Å². The summed E-state index contributed by atoms with van der Waals surface area (Å²) in [6.45, 7) is 8.95. The van der Waals surface area contributed by atoms with Gasteiger partial charge in [0.25, 0.3) is 5.56 Å². The van der Waals surface area contributed by atoms with E-state index in [9.17, 15) is 23.7 Å². The molecule has 22 heteroatoms. The molecule has 3 aliphatic rings. The first-order valence-electron chi connectivity index (χ1n) is 15.2. The third-order valence-corrected chi connectivity index (χ3v) is 15.5. The molecule has 2 unspecified atom stereocenters. The van der Waals surface area contributed by atoms with Crippen molar-refractivity contribution in [3.8, 4) is 5.88 Å². The first-order chi connectivity index (χ1) is 22.4. The van der Waals surface area contributed by atoms with E-state index in [1.807, 2.05) is 33.9 Å². The minimum Gasteiger partial charge on any atom is -0.474 e. The molecule has 6 rings (SSSR count). The molecule has 2 aliphatic heterocycles. The number of imidazole rings is 1. The van der Waals surface area contributed by atoms with Crippen LogP contribution in [0.3, 0.4) is 0 Å². The van der Waals surface area contributed by atoms with Gasteiger partial charge in [0.05, 0.1) is 25.6 Å². The number of hydrogen-bond donors (Lipinski definition) is 4. The van der Waals surface area contributed by atoms with Gasteiger partial charge in [-0.2, -0.15) is 4.98 Å². The third-order valence-electron chi connectivity index (χ3n) is 9.05.